The van der Waals surface area contributed by atoms with Crippen molar-refractivity contribution in [1.82, 2.24) is 0 Å². The molecule has 1 heterocycles. The average Bonchev–Trinajstić information content (AvgIpc) is 2.71. The lowest BCUT2D eigenvalue weighted by Crippen LogP contribution is -2.22. The van der Waals surface area contributed by atoms with Crippen LogP contribution in [0.1, 0.15) is 15.9 Å². The van der Waals surface area contributed by atoms with Crippen molar-refractivity contribution in [3.05, 3.63) is 57.6 Å². The van der Waals surface area contributed by atoms with Crippen molar-refractivity contribution in [2.45, 2.75) is 0 Å². The minimum absolute atomic E-state index is 0.153. The number of para-hydroxylation sites is 1. The molecule has 10 heteroatoms. The first-order valence-corrected chi connectivity index (χ1v) is 8.03. The molecule has 1 aliphatic rings. The summed E-state index contributed by atoms with van der Waals surface area (Å²) in [7, 11) is 0. The minimum atomic E-state index is -1.06. The molecule has 0 unspecified atom stereocenters. The molecule has 0 saturated heterocycles. The van der Waals surface area contributed by atoms with Crippen LogP contribution in [0.15, 0.2) is 36.4 Å². The van der Waals surface area contributed by atoms with Gasteiger partial charge in [-0.1, -0.05) is 12.1 Å². The van der Waals surface area contributed by atoms with Gasteiger partial charge in [-0.2, -0.15) is 5.26 Å². The molecular formula is C18H13N3O7. The molecule has 0 radical (unpaired) electrons. The Morgan fingerprint density at radius 2 is 1.89 bits per heavy atom. The van der Waals surface area contributed by atoms with Crippen LogP contribution in [0, 0.1) is 21.4 Å². The van der Waals surface area contributed by atoms with E-state index in [1.54, 1.807) is 12.1 Å². The lowest BCUT2D eigenvalue weighted by Gasteiger charge is -2.18. The van der Waals surface area contributed by atoms with Crippen LogP contribution in [0.5, 0.6) is 11.5 Å². The molecular weight excluding hydrogens is 370 g/mol. The number of ether oxygens (including phenoxy) is 3. The summed E-state index contributed by atoms with van der Waals surface area (Å²) in [5.41, 5.74) is -0.384. The van der Waals surface area contributed by atoms with E-state index in [-0.39, 0.29) is 41.5 Å². The van der Waals surface area contributed by atoms with Crippen LogP contribution in [-0.4, -0.2) is 36.6 Å². The Labute approximate surface area is 158 Å². The van der Waals surface area contributed by atoms with Crippen LogP contribution in [0.25, 0.3) is 0 Å². The summed E-state index contributed by atoms with van der Waals surface area (Å²) in [6.45, 7) is -0.220. The Morgan fingerprint density at radius 1 is 1.21 bits per heavy atom. The first-order chi connectivity index (χ1) is 13.5. The molecule has 1 N–H and O–H groups in total. The molecule has 28 heavy (non-hydrogen) atoms. The van der Waals surface area contributed by atoms with Crippen molar-refractivity contribution in [3.63, 3.8) is 0 Å². The Morgan fingerprint density at radius 3 is 2.57 bits per heavy atom. The van der Waals surface area contributed by atoms with E-state index in [0.29, 0.717) is 0 Å². The van der Waals surface area contributed by atoms with E-state index in [4.69, 9.17) is 19.5 Å². The fourth-order valence-electron chi connectivity index (χ4n) is 2.48. The van der Waals surface area contributed by atoms with E-state index in [9.17, 15) is 19.7 Å². The molecule has 0 bridgehead atoms. The summed E-state index contributed by atoms with van der Waals surface area (Å²) in [5.74, 6) is -1.43. The highest BCUT2D eigenvalue weighted by Gasteiger charge is 2.27. The average molecular weight is 383 g/mol. The fraction of sp³-hybridized carbons (Fsp3) is 0.167. The number of hydrogen-bond acceptors (Lipinski definition) is 8. The zero-order chi connectivity index (χ0) is 20.1. The number of fused-ring (bicyclic) bond motifs is 1. The highest BCUT2D eigenvalue weighted by atomic mass is 16.6. The number of nitrogens with zero attached hydrogens (tertiary/aromatic N) is 2. The number of esters is 1. The van der Waals surface area contributed by atoms with Gasteiger partial charge in [-0.15, -0.1) is 0 Å². The largest absolute Gasteiger partial charge is 0.486 e. The molecule has 2 aromatic carbocycles. The van der Waals surface area contributed by atoms with Gasteiger partial charge in [-0.25, -0.2) is 4.79 Å². The summed E-state index contributed by atoms with van der Waals surface area (Å²) < 4.78 is 15.5. The van der Waals surface area contributed by atoms with Crippen molar-refractivity contribution in [2.75, 3.05) is 25.1 Å². The van der Waals surface area contributed by atoms with Crippen LogP contribution in [0.4, 0.5) is 11.4 Å². The molecule has 3 rings (SSSR count). The fourth-order valence-corrected chi connectivity index (χ4v) is 2.48. The molecule has 10 nitrogen and oxygen atoms in total. The molecule has 2 aromatic rings. The third kappa shape index (κ3) is 3.99. The standard InChI is InChI=1S/C18H13N3O7/c19-9-11-3-1-2-4-13(11)20-17(22)10-28-18(23)12-7-15-16(27-6-5-26-15)8-14(12)21(24)25/h1-4,7-8H,5-6,10H2,(H,20,22). The maximum Gasteiger partial charge on any atom is 0.345 e. The van der Waals surface area contributed by atoms with Gasteiger partial charge in [0, 0.05) is 6.07 Å². The van der Waals surface area contributed by atoms with E-state index < -0.39 is 29.1 Å². The number of amides is 1. The first kappa shape index (κ1) is 18.7. The van der Waals surface area contributed by atoms with E-state index in [0.717, 1.165) is 12.1 Å². The number of nitriles is 1. The van der Waals surface area contributed by atoms with E-state index in [1.165, 1.54) is 12.1 Å². The van der Waals surface area contributed by atoms with Crippen molar-refractivity contribution in [3.8, 4) is 17.6 Å². The Balaban J connectivity index is 1.72. The van der Waals surface area contributed by atoms with Crippen LogP contribution >= 0.6 is 0 Å². The molecule has 0 saturated carbocycles. The molecule has 142 valence electrons. The van der Waals surface area contributed by atoms with E-state index >= 15 is 0 Å². The zero-order valence-corrected chi connectivity index (χ0v) is 14.3. The van der Waals surface area contributed by atoms with Crippen LogP contribution in [0.3, 0.4) is 0 Å². The second-order valence-corrected chi connectivity index (χ2v) is 5.55. The van der Waals surface area contributed by atoms with Gasteiger partial charge in [0.15, 0.2) is 18.1 Å². The van der Waals surface area contributed by atoms with E-state index in [1.807, 2.05) is 6.07 Å². The van der Waals surface area contributed by atoms with Crippen molar-refractivity contribution in [1.29, 1.82) is 5.26 Å². The normalized spacial score (nSPS) is 11.8. The predicted molar refractivity (Wildman–Crippen MR) is 94.2 cm³/mol. The number of carbonyl (C=O) groups is 2. The molecule has 0 fully saturated rings. The number of nitro groups is 1. The highest BCUT2D eigenvalue weighted by molar-refractivity contribution is 5.98. The van der Waals surface area contributed by atoms with Crippen LogP contribution in [0.2, 0.25) is 0 Å². The zero-order valence-electron chi connectivity index (χ0n) is 14.3. The number of hydrogen-bond donors (Lipinski definition) is 1. The maximum atomic E-state index is 12.3. The number of carbonyl (C=O) groups excluding carboxylic acids is 2. The molecule has 0 aromatic heterocycles. The molecule has 0 atom stereocenters. The third-order valence-corrected chi connectivity index (χ3v) is 3.73. The van der Waals surface area contributed by atoms with Gasteiger partial charge >= 0.3 is 5.97 Å². The van der Waals surface area contributed by atoms with Gasteiger partial charge in [0.2, 0.25) is 0 Å². The number of rotatable bonds is 5. The van der Waals surface area contributed by atoms with Gasteiger partial charge in [0.05, 0.1) is 22.2 Å². The molecule has 1 aliphatic heterocycles. The van der Waals surface area contributed by atoms with Crippen LogP contribution in [-0.2, 0) is 9.53 Å². The highest BCUT2D eigenvalue weighted by Crippen LogP contribution is 2.36. The summed E-state index contributed by atoms with van der Waals surface area (Å²) in [4.78, 5) is 34.8. The topological polar surface area (TPSA) is 141 Å². The number of nitrogens with one attached hydrogen (secondary N) is 1. The summed E-state index contributed by atoms with van der Waals surface area (Å²) >= 11 is 0. The van der Waals surface area contributed by atoms with Gasteiger partial charge < -0.3 is 19.5 Å². The quantitative estimate of drug-likeness (QED) is 0.470. The van der Waals surface area contributed by atoms with Crippen molar-refractivity contribution >= 4 is 23.3 Å². The lowest BCUT2D eigenvalue weighted by molar-refractivity contribution is -0.385. The maximum absolute atomic E-state index is 12.3. The number of anilines is 1. The van der Waals surface area contributed by atoms with Crippen LogP contribution < -0.4 is 14.8 Å². The third-order valence-electron chi connectivity index (χ3n) is 3.73. The molecule has 0 spiro atoms. The first-order valence-electron chi connectivity index (χ1n) is 8.03. The smallest absolute Gasteiger partial charge is 0.345 e. The molecule has 1 amide bonds. The van der Waals surface area contributed by atoms with Gasteiger partial charge in [0.25, 0.3) is 11.6 Å². The predicted octanol–water partition coefficient (Wildman–Crippen LogP) is 2.03. The minimum Gasteiger partial charge on any atom is -0.486 e. The lowest BCUT2D eigenvalue weighted by atomic mass is 10.1. The van der Waals surface area contributed by atoms with Gasteiger partial charge in [-0.05, 0) is 12.1 Å². The Kier molecular flexibility index (Phi) is 5.36. The van der Waals surface area contributed by atoms with Gasteiger partial charge in [0.1, 0.15) is 24.8 Å². The summed E-state index contributed by atoms with van der Waals surface area (Å²) in [6.07, 6.45) is 0. The SMILES string of the molecule is N#Cc1ccccc1NC(=O)COC(=O)c1cc2c(cc1[N+](=O)[O-])OCCO2. The summed E-state index contributed by atoms with van der Waals surface area (Å²) in [5, 5.41) is 22.7. The Hall–Kier alpha value is -4.13. The Bertz CT molecular complexity index is 997. The summed E-state index contributed by atoms with van der Waals surface area (Å²) in [6, 6.07) is 10.4. The monoisotopic (exact) mass is 383 g/mol. The second kappa shape index (κ2) is 8.05. The van der Waals surface area contributed by atoms with Crippen molar-refractivity contribution in [2.24, 2.45) is 0 Å². The second-order valence-electron chi connectivity index (χ2n) is 5.55. The number of benzene rings is 2. The van der Waals surface area contributed by atoms with Gasteiger partial charge in [-0.3, -0.25) is 14.9 Å². The number of nitro benzene ring substituents is 1. The van der Waals surface area contributed by atoms with Crippen molar-refractivity contribution < 1.29 is 28.7 Å². The molecule has 0 aliphatic carbocycles. The van der Waals surface area contributed by atoms with E-state index in [2.05, 4.69) is 5.32 Å².